The molecule has 0 radical (unpaired) electrons. The van der Waals surface area contributed by atoms with Gasteiger partial charge in [0.05, 0.1) is 4.90 Å². The molecule has 0 atom stereocenters. The van der Waals surface area contributed by atoms with Crippen molar-refractivity contribution in [3.8, 4) is 11.6 Å². The van der Waals surface area contributed by atoms with Crippen LogP contribution in [-0.2, 0) is 10.0 Å². The third-order valence-electron chi connectivity index (χ3n) is 5.06. The molecule has 1 saturated heterocycles. The molecule has 9 heteroatoms. The predicted octanol–water partition coefficient (Wildman–Crippen LogP) is 4.16. The van der Waals surface area contributed by atoms with Crippen molar-refractivity contribution in [1.29, 1.82) is 0 Å². The maximum absolute atomic E-state index is 12.9. The number of piperazine rings is 1. The molecule has 0 saturated carbocycles. The standard InChI is InChI=1S/C22H23BrN4O3S/c1-16-3-7-19(8-4-16)30-22-15-21(24-17(2)25-22)26-11-13-27(14-12-26)31(28,29)20-9-5-18(23)6-10-20/h3-10,15H,11-14H2,1-2H3. The van der Waals surface area contributed by atoms with E-state index < -0.39 is 10.0 Å². The maximum Gasteiger partial charge on any atom is 0.243 e. The van der Waals surface area contributed by atoms with E-state index >= 15 is 0 Å². The van der Waals surface area contributed by atoms with Crippen LogP contribution in [0, 0.1) is 13.8 Å². The summed E-state index contributed by atoms with van der Waals surface area (Å²) in [6.07, 6.45) is 0. The topological polar surface area (TPSA) is 75.6 Å². The lowest BCUT2D eigenvalue weighted by molar-refractivity contribution is 0.383. The second-order valence-corrected chi connectivity index (χ2v) is 10.2. The van der Waals surface area contributed by atoms with Crippen LogP contribution in [-0.4, -0.2) is 48.9 Å². The molecule has 0 spiro atoms. The molecule has 0 amide bonds. The monoisotopic (exact) mass is 502 g/mol. The molecule has 7 nitrogen and oxygen atoms in total. The van der Waals surface area contributed by atoms with E-state index in [1.165, 1.54) is 4.31 Å². The lowest BCUT2D eigenvalue weighted by atomic mass is 10.2. The van der Waals surface area contributed by atoms with E-state index in [4.69, 9.17) is 4.74 Å². The first-order valence-electron chi connectivity index (χ1n) is 9.92. The molecule has 1 aromatic heterocycles. The first-order chi connectivity index (χ1) is 14.8. The average Bonchev–Trinajstić information content (AvgIpc) is 2.75. The lowest BCUT2D eigenvalue weighted by Crippen LogP contribution is -2.49. The Kier molecular flexibility index (Phi) is 6.27. The van der Waals surface area contributed by atoms with Crippen LogP contribution < -0.4 is 9.64 Å². The summed E-state index contributed by atoms with van der Waals surface area (Å²) in [6.45, 7) is 5.69. The highest BCUT2D eigenvalue weighted by atomic mass is 79.9. The second-order valence-electron chi connectivity index (χ2n) is 7.37. The number of nitrogens with zero attached hydrogens (tertiary/aromatic N) is 4. The minimum Gasteiger partial charge on any atom is -0.439 e. The van der Waals surface area contributed by atoms with Gasteiger partial charge >= 0.3 is 0 Å². The minimum atomic E-state index is -3.52. The normalized spacial score (nSPS) is 15.1. The molecule has 162 valence electrons. The lowest BCUT2D eigenvalue weighted by Gasteiger charge is -2.34. The van der Waals surface area contributed by atoms with E-state index in [2.05, 4.69) is 30.8 Å². The predicted molar refractivity (Wildman–Crippen MR) is 123 cm³/mol. The van der Waals surface area contributed by atoms with E-state index in [0.717, 1.165) is 15.9 Å². The first kappa shape index (κ1) is 21.7. The quantitative estimate of drug-likeness (QED) is 0.521. The molecule has 0 aliphatic carbocycles. The van der Waals surface area contributed by atoms with Crippen LogP contribution in [0.4, 0.5) is 5.82 Å². The maximum atomic E-state index is 12.9. The van der Waals surface area contributed by atoms with Gasteiger partial charge in [-0.15, -0.1) is 0 Å². The summed E-state index contributed by atoms with van der Waals surface area (Å²) in [6, 6.07) is 16.3. The number of halogens is 1. The van der Waals surface area contributed by atoms with E-state index in [1.807, 2.05) is 38.1 Å². The number of sulfonamides is 1. The summed E-state index contributed by atoms with van der Waals surface area (Å²) in [5, 5.41) is 0. The van der Waals surface area contributed by atoms with Crippen LogP contribution in [0.15, 0.2) is 64.0 Å². The Balaban J connectivity index is 1.46. The van der Waals surface area contributed by atoms with Gasteiger partial charge in [0.2, 0.25) is 15.9 Å². The van der Waals surface area contributed by atoms with Gasteiger partial charge in [-0.1, -0.05) is 33.6 Å². The van der Waals surface area contributed by atoms with Crippen molar-refractivity contribution in [2.45, 2.75) is 18.7 Å². The van der Waals surface area contributed by atoms with Gasteiger partial charge in [0.15, 0.2) is 0 Å². The van der Waals surface area contributed by atoms with Gasteiger partial charge in [0.1, 0.15) is 17.4 Å². The van der Waals surface area contributed by atoms with Crippen molar-refractivity contribution in [2.75, 3.05) is 31.1 Å². The third-order valence-corrected chi connectivity index (χ3v) is 7.50. The van der Waals surface area contributed by atoms with Gasteiger partial charge in [-0.25, -0.2) is 13.4 Å². The third kappa shape index (κ3) is 5.06. The van der Waals surface area contributed by atoms with Gasteiger partial charge in [-0.2, -0.15) is 9.29 Å². The summed E-state index contributed by atoms with van der Waals surface area (Å²) in [5.41, 5.74) is 1.16. The number of ether oxygens (including phenoxy) is 1. The van der Waals surface area contributed by atoms with Crippen LogP contribution in [0.25, 0.3) is 0 Å². The number of aryl methyl sites for hydroxylation is 2. The molecule has 1 aliphatic heterocycles. The highest BCUT2D eigenvalue weighted by Crippen LogP contribution is 2.26. The second kappa shape index (κ2) is 8.94. The number of benzene rings is 2. The van der Waals surface area contributed by atoms with E-state index in [9.17, 15) is 8.42 Å². The van der Waals surface area contributed by atoms with Crippen molar-refractivity contribution >= 4 is 31.8 Å². The molecule has 1 aliphatic rings. The van der Waals surface area contributed by atoms with Crippen LogP contribution in [0.1, 0.15) is 11.4 Å². The van der Waals surface area contributed by atoms with E-state index in [-0.39, 0.29) is 0 Å². The Bertz CT molecular complexity index is 1160. The highest BCUT2D eigenvalue weighted by Gasteiger charge is 2.29. The van der Waals surface area contributed by atoms with Crippen molar-refractivity contribution in [2.24, 2.45) is 0 Å². The molecule has 1 fully saturated rings. The Morgan fingerprint density at radius 3 is 2.19 bits per heavy atom. The van der Waals surface area contributed by atoms with Gasteiger partial charge in [-0.05, 0) is 50.2 Å². The zero-order chi connectivity index (χ0) is 22.0. The average molecular weight is 503 g/mol. The molecule has 2 aromatic carbocycles. The van der Waals surface area contributed by atoms with Crippen LogP contribution in [0.5, 0.6) is 11.6 Å². The Labute approximate surface area is 190 Å². The van der Waals surface area contributed by atoms with Gasteiger partial charge in [0.25, 0.3) is 0 Å². The molecule has 2 heterocycles. The summed E-state index contributed by atoms with van der Waals surface area (Å²) < 4.78 is 34.1. The molecular formula is C22H23BrN4O3S. The van der Waals surface area contributed by atoms with E-state index in [0.29, 0.717) is 48.5 Å². The first-order valence-corrected chi connectivity index (χ1v) is 12.2. The van der Waals surface area contributed by atoms with Crippen molar-refractivity contribution in [3.63, 3.8) is 0 Å². The van der Waals surface area contributed by atoms with Crippen LogP contribution in [0.3, 0.4) is 0 Å². The zero-order valence-corrected chi connectivity index (χ0v) is 19.7. The zero-order valence-electron chi connectivity index (χ0n) is 17.3. The molecule has 3 aromatic rings. The molecular weight excluding hydrogens is 480 g/mol. The fraction of sp³-hybridized carbons (Fsp3) is 0.273. The molecule has 4 rings (SSSR count). The van der Waals surface area contributed by atoms with Gasteiger partial charge in [-0.3, -0.25) is 0 Å². The smallest absolute Gasteiger partial charge is 0.243 e. The fourth-order valence-electron chi connectivity index (χ4n) is 3.38. The van der Waals surface area contributed by atoms with Crippen molar-refractivity contribution in [3.05, 3.63) is 70.5 Å². The summed E-state index contributed by atoms with van der Waals surface area (Å²) >= 11 is 3.34. The Morgan fingerprint density at radius 2 is 1.55 bits per heavy atom. The number of rotatable bonds is 5. The molecule has 0 bridgehead atoms. The molecule has 31 heavy (non-hydrogen) atoms. The highest BCUT2D eigenvalue weighted by molar-refractivity contribution is 9.10. The molecule has 0 unspecified atom stereocenters. The summed E-state index contributed by atoms with van der Waals surface area (Å²) in [4.78, 5) is 11.3. The van der Waals surface area contributed by atoms with Crippen molar-refractivity contribution < 1.29 is 13.2 Å². The minimum absolute atomic E-state index is 0.302. The number of hydrogen-bond acceptors (Lipinski definition) is 6. The molecule has 0 N–H and O–H groups in total. The summed E-state index contributed by atoms with van der Waals surface area (Å²) in [7, 11) is -3.52. The van der Waals surface area contributed by atoms with Gasteiger partial charge in [0, 0.05) is 36.7 Å². The number of hydrogen-bond donors (Lipinski definition) is 0. The van der Waals surface area contributed by atoms with E-state index in [1.54, 1.807) is 30.3 Å². The Hall–Kier alpha value is -2.49. The Morgan fingerprint density at radius 1 is 0.903 bits per heavy atom. The number of anilines is 1. The van der Waals surface area contributed by atoms with Crippen molar-refractivity contribution in [1.82, 2.24) is 14.3 Å². The summed E-state index contributed by atoms with van der Waals surface area (Å²) in [5.74, 6) is 2.51. The van der Waals surface area contributed by atoms with Gasteiger partial charge < -0.3 is 9.64 Å². The van der Waals surface area contributed by atoms with Crippen LogP contribution >= 0.6 is 15.9 Å². The van der Waals surface area contributed by atoms with Crippen LogP contribution in [0.2, 0.25) is 0 Å². The number of aromatic nitrogens is 2. The largest absolute Gasteiger partial charge is 0.439 e. The fourth-order valence-corrected chi connectivity index (χ4v) is 5.07. The SMILES string of the molecule is Cc1ccc(Oc2cc(N3CCN(S(=O)(=O)c4ccc(Br)cc4)CC3)nc(C)n2)cc1.